The Morgan fingerprint density at radius 3 is 1.50 bits per heavy atom. The van der Waals surface area contributed by atoms with Crippen molar-refractivity contribution in [2.75, 3.05) is 18.9 Å². The third kappa shape index (κ3) is 16.4. The van der Waals surface area contributed by atoms with Crippen LogP contribution < -0.4 is 0 Å². The highest BCUT2D eigenvalue weighted by molar-refractivity contribution is 7.37. The molecule has 1 unspecified atom stereocenters. The van der Waals surface area contributed by atoms with Gasteiger partial charge in [0.05, 0.1) is 0 Å². The van der Waals surface area contributed by atoms with E-state index in [2.05, 4.69) is 6.92 Å². The lowest BCUT2D eigenvalue weighted by Gasteiger charge is -2.03. The summed E-state index contributed by atoms with van der Waals surface area (Å²) in [5, 5.41) is 8.66. The van der Waals surface area contributed by atoms with Crippen LogP contribution in [-0.4, -0.2) is 24.0 Å². The summed E-state index contributed by atoms with van der Waals surface area (Å²) in [4.78, 5) is 0. The standard InChI is InChI=1S/C16H35OP/c1-2-3-4-5-6-7-8-9-10-11-12-13-15-18-16-14-17/h17-18H,2-16H2,1H3. The fraction of sp³-hybridized carbons (Fsp3) is 1.00. The summed E-state index contributed by atoms with van der Waals surface area (Å²) in [6.45, 7) is 2.67. The number of hydrogen-bond donors (Lipinski definition) is 1. The summed E-state index contributed by atoms with van der Waals surface area (Å²) in [6, 6.07) is 0. The lowest BCUT2D eigenvalue weighted by molar-refractivity contribution is 0.322. The highest BCUT2D eigenvalue weighted by Gasteiger charge is 1.93. The molecule has 0 fully saturated rings. The van der Waals surface area contributed by atoms with E-state index in [-0.39, 0.29) is 0 Å². The summed E-state index contributed by atoms with van der Waals surface area (Å²) < 4.78 is 0. The quantitative estimate of drug-likeness (QED) is 0.315. The fourth-order valence-electron chi connectivity index (χ4n) is 2.30. The van der Waals surface area contributed by atoms with Gasteiger partial charge >= 0.3 is 0 Å². The molecule has 2 heteroatoms. The second-order valence-electron chi connectivity index (χ2n) is 5.36. The van der Waals surface area contributed by atoms with Gasteiger partial charge in [0.15, 0.2) is 0 Å². The highest BCUT2D eigenvalue weighted by Crippen LogP contribution is 2.15. The van der Waals surface area contributed by atoms with Crippen LogP contribution in [0.25, 0.3) is 0 Å². The van der Waals surface area contributed by atoms with Crippen molar-refractivity contribution < 1.29 is 5.11 Å². The lowest BCUT2D eigenvalue weighted by Crippen LogP contribution is -1.87. The summed E-state index contributed by atoms with van der Waals surface area (Å²) >= 11 is 0. The van der Waals surface area contributed by atoms with Crippen LogP contribution in [0.3, 0.4) is 0 Å². The molecule has 0 spiro atoms. The van der Waals surface area contributed by atoms with E-state index in [1.54, 1.807) is 0 Å². The van der Waals surface area contributed by atoms with Crippen molar-refractivity contribution in [1.82, 2.24) is 0 Å². The molecule has 0 saturated heterocycles. The summed E-state index contributed by atoms with van der Waals surface area (Å²) in [5.41, 5.74) is 0. The van der Waals surface area contributed by atoms with Crippen LogP contribution in [0, 0.1) is 0 Å². The van der Waals surface area contributed by atoms with Crippen LogP contribution in [0.2, 0.25) is 0 Å². The van der Waals surface area contributed by atoms with Gasteiger partial charge in [0.1, 0.15) is 0 Å². The molecule has 110 valence electrons. The maximum absolute atomic E-state index is 8.66. The molecule has 0 bridgehead atoms. The maximum Gasteiger partial charge on any atom is 0.0467 e. The van der Waals surface area contributed by atoms with Crippen molar-refractivity contribution in [1.29, 1.82) is 0 Å². The van der Waals surface area contributed by atoms with Crippen molar-refractivity contribution in [2.45, 2.75) is 84.0 Å². The van der Waals surface area contributed by atoms with E-state index in [1.807, 2.05) is 0 Å². The zero-order valence-electron chi connectivity index (χ0n) is 12.6. The molecule has 0 aromatic rings. The van der Waals surface area contributed by atoms with Crippen LogP contribution >= 0.6 is 8.58 Å². The largest absolute Gasteiger partial charge is 0.396 e. The lowest BCUT2D eigenvalue weighted by atomic mass is 10.1. The van der Waals surface area contributed by atoms with Crippen molar-refractivity contribution in [2.24, 2.45) is 0 Å². The van der Waals surface area contributed by atoms with Crippen LogP contribution in [0.4, 0.5) is 0 Å². The first-order valence-electron chi connectivity index (χ1n) is 8.23. The Kier molecular flexibility index (Phi) is 17.8. The molecule has 0 heterocycles. The zero-order chi connectivity index (χ0) is 13.3. The van der Waals surface area contributed by atoms with Gasteiger partial charge in [0, 0.05) is 6.61 Å². The van der Waals surface area contributed by atoms with Crippen LogP contribution in [0.1, 0.15) is 84.0 Å². The molecule has 1 atom stereocenters. The molecule has 0 aromatic carbocycles. The second-order valence-corrected chi connectivity index (χ2v) is 6.86. The first-order valence-corrected chi connectivity index (χ1v) is 9.64. The average molecular weight is 274 g/mol. The Hall–Kier alpha value is 0.390. The van der Waals surface area contributed by atoms with E-state index >= 15 is 0 Å². The third-order valence-corrected chi connectivity index (χ3v) is 4.78. The topological polar surface area (TPSA) is 20.2 Å². The second kappa shape index (κ2) is 17.4. The monoisotopic (exact) mass is 274 g/mol. The van der Waals surface area contributed by atoms with Gasteiger partial charge < -0.3 is 5.11 Å². The highest BCUT2D eigenvalue weighted by atomic mass is 31.1. The molecule has 0 aliphatic rings. The summed E-state index contributed by atoms with van der Waals surface area (Å²) in [6.07, 6.45) is 19.6. The smallest absolute Gasteiger partial charge is 0.0467 e. The molecule has 18 heavy (non-hydrogen) atoms. The number of hydrogen-bond acceptors (Lipinski definition) is 1. The fourth-order valence-corrected chi connectivity index (χ4v) is 3.20. The molecule has 0 aliphatic heterocycles. The molecule has 0 aromatic heterocycles. The minimum Gasteiger partial charge on any atom is -0.396 e. The van der Waals surface area contributed by atoms with Gasteiger partial charge in [-0.15, -0.1) is 8.58 Å². The number of rotatable bonds is 15. The number of aliphatic hydroxyl groups is 1. The Morgan fingerprint density at radius 1 is 0.611 bits per heavy atom. The molecule has 0 rings (SSSR count). The van der Waals surface area contributed by atoms with E-state index < -0.39 is 0 Å². The summed E-state index contributed by atoms with van der Waals surface area (Å²) in [5.74, 6) is 0. The van der Waals surface area contributed by atoms with Crippen LogP contribution in [-0.2, 0) is 0 Å². The molecular formula is C16H35OP. The molecule has 1 N–H and O–H groups in total. The first-order chi connectivity index (χ1) is 8.91. The van der Waals surface area contributed by atoms with Crippen molar-refractivity contribution in [3.63, 3.8) is 0 Å². The van der Waals surface area contributed by atoms with E-state index in [0.29, 0.717) is 6.61 Å². The zero-order valence-corrected chi connectivity index (χ0v) is 13.6. The van der Waals surface area contributed by atoms with Gasteiger partial charge in [-0.2, -0.15) is 0 Å². The Balaban J connectivity index is 2.86. The number of aliphatic hydroxyl groups excluding tert-OH is 1. The van der Waals surface area contributed by atoms with Crippen molar-refractivity contribution in [3.8, 4) is 0 Å². The third-order valence-electron chi connectivity index (χ3n) is 3.50. The average Bonchev–Trinajstić information content (AvgIpc) is 2.39. The van der Waals surface area contributed by atoms with Crippen LogP contribution in [0.5, 0.6) is 0 Å². The Labute approximate surface area is 117 Å². The maximum atomic E-state index is 8.66. The first kappa shape index (κ1) is 18.4. The molecule has 0 amide bonds. The van der Waals surface area contributed by atoms with Crippen molar-refractivity contribution in [3.05, 3.63) is 0 Å². The van der Waals surface area contributed by atoms with Gasteiger partial charge in [0.2, 0.25) is 0 Å². The summed E-state index contributed by atoms with van der Waals surface area (Å²) in [7, 11) is 0.994. The van der Waals surface area contributed by atoms with E-state index in [0.717, 1.165) is 14.7 Å². The van der Waals surface area contributed by atoms with Gasteiger partial charge in [-0.3, -0.25) is 0 Å². The molecule has 1 nitrogen and oxygen atoms in total. The predicted molar refractivity (Wildman–Crippen MR) is 86.2 cm³/mol. The molecule has 0 saturated carbocycles. The molecular weight excluding hydrogens is 239 g/mol. The Bertz CT molecular complexity index is 123. The van der Waals surface area contributed by atoms with Crippen LogP contribution in [0.15, 0.2) is 0 Å². The predicted octanol–water partition coefficient (Wildman–Crippen LogP) is 5.36. The minimum absolute atomic E-state index is 0.386. The Morgan fingerprint density at radius 2 is 1.06 bits per heavy atom. The van der Waals surface area contributed by atoms with Crippen molar-refractivity contribution >= 4 is 8.58 Å². The van der Waals surface area contributed by atoms with Gasteiger partial charge in [-0.05, 0) is 18.7 Å². The van der Waals surface area contributed by atoms with E-state index in [1.165, 1.54) is 83.2 Å². The van der Waals surface area contributed by atoms with E-state index in [9.17, 15) is 0 Å². The van der Waals surface area contributed by atoms with Gasteiger partial charge in [0.25, 0.3) is 0 Å². The minimum atomic E-state index is 0.386. The molecule has 0 radical (unpaired) electrons. The molecule has 0 aliphatic carbocycles. The van der Waals surface area contributed by atoms with Gasteiger partial charge in [-0.1, -0.05) is 77.6 Å². The van der Waals surface area contributed by atoms with E-state index in [4.69, 9.17) is 5.11 Å². The normalized spacial score (nSPS) is 11.7. The SMILES string of the molecule is CCCCCCCCCCCCCCPCCO. The van der Waals surface area contributed by atoms with Gasteiger partial charge in [-0.25, -0.2) is 0 Å². The number of unbranched alkanes of at least 4 members (excludes halogenated alkanes) is 11.